The Morgan fingerprint density at radius 1 is 1.23 bits per heavy atom. The maximum absolute atomic E-state index is 5.67. The Bertz CT molecular complexity index is 792. The number of benzene rings is 2. The third kappa shape index (κ3) is 3.53. The summed E-state index contributed by atoms with van der Waals surface area (Å²) in [5, 5.41) is 4.00. The number of hydrogen-bond acceptors (Lipinski definition) is 3. The molecule has 5 heteroatoms. The highest BCUT2D eigenvalue weighted by Gasteiger charge is 2.31. The molecule has 0 unspecified atom stereocenters. The minimum absolute atomic E-state index is 0.0320. The van der Waals surface area contributed by atoms with Gasteiger partial charge in [0.15, 0.2) is 16.6 Å². The van der Waals surface area contributed by atoms with Gasteiger partial charge in [-0.25, -0.2) is 0 Å². The molecule has 1 atom stereocenters. The molecule has 0 aliphatic carbocycles. The fraction of sp³-hybridized carbons (Fsp3) is 0.286. The standard InChI is InChI=1S/C21H24N2O2S/c1-4-11-22-21(26)23-12-10-16-13-18(24-2)19(25-3)14-17(16)20(23)15-8-6-5-7-9-15/h4-9,13-14,20H,1,10-12H2,2-3H3,(H,22,26)/t20-/m1/s1. The fourth-order valence-electron chi connectivity index (χ4n) is 3.42. The Hall–Kier alpha value is -2.53. The second kappa shape index (κ2) is 8.23. The highest BCUT2D eigenvalue weighted by molar-refractivity contribution is 7.80. The quantitative estimate of drug-likeness (QED) is 0.643. The number of thiocarbonyl (C=S) groups is 1. The third-order valence-corrected chi connectivity index (χ3v) is 5.03. The molecule has 0 saturated heterocycles. The van der Waals surface area contributed by atoms with Gasteiger partial charge in [0, 0.05) is 13.1 Å². The van der Waals surface area contributed by atoms with Crippen LogP contribution < -0.4 is 14.8 Å². The van der Waals surface area contributed by atoms with E-state index in [9.17, 15) is 0 Å². The van der Waals surface area contributed by atoms with Crippen LogP contribution in [0, 0.1) is 0 Å². The predicted molar refractivity (Wildman–Crippen MR) is 109 cm³/mol. The number of ether oxygens (including phenoxy) is 2. The van der Waals surface area contributed by atoms with Gasteiger partial charge in [-0.3, -0.25) is 0 Å². The van der Waals surface area contributed by atoms with Crippen LogP contribution in [0.5, 0.6) is 11.5 Å². The molecule has 1 aliphatic rings. The maximum atomic E-state index is 5.67. The van der Waals surface area contributed by atoms with Crippen LogP contribution in [-0.2, 0) is 6.42 Å². The van der Waals surface area contributed by atoms with Gasteiger partial charge in [0.25, 0.3) is 0 Å². The van der Waals surface area contributed by atoms with Gasteiger partial charge in [-0.1, -0.05) is 36.4 Å². The van der Waals surface area contributed by atoms with Crippen LogP contribution in [-0.4, -0.2) is 37.3 Å². The number of methoxy groups -OCH3 is 2. The molecule has 1 aliphatic heterocycles. The number of hydrogen-bond donors (Lipinski definition) is 1. The average Bonchev–Trinajstić information content (AvgIpc) is 2.70. The van der Waals surface area contributed by atoms with E-state index >= 15 is 0 Å². The molecule has 0 bridgehead atoms. The lowest BCUT2D eigenvalue weighted by Crippen LogP contribution is -2.45. The molecule has 0 amide bonds. The number of nitrogens with zero attached hydrogens (tertiary/aromatic N) is 1. The highest BCUT2D eigenvalue weighted by Crippen LogP contribution is 2.40. The van der Waals surface area contributed by atoms with Crippen molar-refractivity contribution in [2.24, 2.45) is 0 Å². The Morgan fingerprint density at radius 3 is 2.58 bits per heavy atom. The summed E-state index contributed by atoms with van der Waals surface area (Å²) in [4.78, 5) is 2.24. The Balaban J connectivity index is 2.08. The Labute approximate surface area is 160 Å². The molecule has 26 heavy (non-hydrogen) atoms. The van der Waals surface area contributed by atoms with E-state index in [4.69, 9.17) is 21.7 Å². The van der Waals surface area contributed by atoms with Crippen molar-refractivity contribution >= 4 is 17.3 Å². The van der Waals surface area contributed by atoms with Crippen LogP contribution in [0.4, 0.5) is 0 Å². The van der Waals surface area contributed by atoms with Crippen LogP contribution in [0.15, 0.2) is 55.1 Å². The molecule has 2 aromatic rings. The van der Waals surface area contributed by atoms with E-state index in [2.05, 4.69) is 53.2 Å². The lowest BCUT2D eigenvalue weighted by atomic mass is 9.88. The summed E-state index contributed by atoms with van der Waals surface area (Å²) in [6.07, 6.45) is 2.71. The summed E-state index contributed by atoms with van der Waals surface area (Å²) in [6, 6.07) is 14.6. The Kier molecular flexibility index (Phi) is 5.78. The molecular weight excluding hydrogens is 344 g/mol. The number of nitrogens with one attached hydrogen (secondary N) is 1. The summed E-state index contributed by atoms with van der Waals surface area (Å²) in [5.41, 5.74) is 3.66. The second-order valence-electron chi connectivity index (χ2n) is 6.14. The molecule has 0 saturated carbocycles. The summed E-state index contributed by atoms with van der Waals surface area (Å²) in [5.74, 6) is 1.50. The highest BCUT2D eigenvalue weighted by atomic mass is 32.1. The first-order valence-electron chi connectivity index (χ1n) is 8.64. The molecule has 1 heterocycles. The van der Waals surface area contributed by atoms with Gasteiger partial charge in [0.2, 0.25) is 0 Å². The van der Waals surface area contributed by atoms with Crippen molar-refractivity contribution in [2.75, 3.05) is 27.3 Å². The van der Waals surface area contributed by atoms with Gasteiger partial charge < -0.3 is 19.7 Å². The van der Waals surface area contributed by atoms with Gasteiger partial charge in [0.1, 0.15) is 0 Å². The van der Waals surface area contributed by atoms with Gasteiger partial charge >= 0.3 is 0 Å². The van der Waals surface area contributed by atoms with Crippen LogP contribution in [0.2, 0.25) is 0 Å². The van der Waals surface area contributed by atoms with Crippen LogP contribution in [0.25, 0.3) is 0 Å². The number of rotatable bonds is 5. The van der Waals surface area contributed by atoms with E-state index < -0.39 is 0 Å². The van der Waals surface area contributed by atoms with Crippen LogP contribution in [0.1, 0.15) is 22.7 Å². The molecule has 0 fully saturated rings. The smallest absolute Gasteiger partial charge is 0.169 e. The van der Waals surface area contributed by atoms with Crippen molar-refractivity contribution in [1.82, 2.24) is 10.2 Å². The average molecular weight is 369 g/mol. The van der Waals surface area contributed by atoms with Crippen molar-refractivity contribution in [3.63, 3.8) is 0 Å². The predicted octanol–water partition coefficient (Wildman–Crippen LogP) is 3.71. The van der Waals surface area contributed by atoms with E-state index in [0.717, 1.165) is 29.6 Å². The van der Waals surface area contributed by atoms with Crippen LogP contribution >= 0.6 is 12.2 Å². The molecule has 0 radical (unpaired) electrons. The summed E-state index contributed by atoms with van der Waals surface area (Å²) < 4.78 is 11.0. The van der Waals surface area contributed by atoms with Crippen molar-refractivity contribution in [3.8, 4) is 11.5 Å². The molecule has 0 spiro atoms. The van der Waals surface area contributed by atoms with Gasteiger partial charge in [-0.2, -0.15) is 0 Å². The van der Waals surface area contributed by atoms with E-state index in [1.165, 1.54) is 16.7 Å². The topological polar surface area (TPSA) is 33.7 Å². The molecule has 0 aromatic heterocycles. The molecule has 4 nitrogen and oxygen atoms in total. The second-order valence-corrected chi connectivity index (χ2v) is 6.52. The third-order valence-electron chi connectivity index (χ3n) is 4.65. The zero-order valence-electron chi connectivity index (χ0n) is 15.2. The zero-order valence-corrected chi connectivity index (χ0v) is 16.0. The van der Waals surface area contributed by atoms with Crippen LogP contribution in [0.3, 0.4) is 0 Å². The first-order valence-corrected chi connectivity index (χ1v) is 9.05. The molecule has 1 N–H and O–H groups in total. The van der Waals surface area contributed by atoms with Gasteiger partial charge in [0.05, 0.1) is 20.3 Å². The van der Waals surface area contributed by atoms with E-state index in [1.807, 2.05) is 12.1 Å². The van der Waals surface area contributed by atoms with Crippen molar-refractivity contribution in [1.29, 1.82) is 0 Å². The lowest BCUT2D eigenvalue weighted by molar-refractivity contribution is 0.325. The lowest BCUT2D eigenvalue weighted by Gasteiger charge is -2.39. The zero-order chi connectivity index (χ0) is 18.5. The fourth-order valence-corrected chi connectivity index (χ4v) is 3.70. The molecule has 136 valence electrons. The summed E-state index contributed by atoms with van der Waals surface area (Å²) in [6.45, 7) is 5.25. The first kappa shape index (κ1) is 18.3. The minimum atomic E-state index is 0.0320. The SMILES string of the molecule is C=CCNC(=S)N1CCc2cc(OC)c(OC)cc2[C@H]1c1ccccc1. The summed E-state index contributed by atoms with van der Waals surface area (Å²) in [7, 11) is 3.33. The summed E-state index contributed by atoms with van der Waals surface area (Å²) >= 11 is 5.67. The minimum Gasteiger partial charge on any atom is -0.493 e. The molecular formula is C21H24N2O2S. The van der Waals surface area contributed by atoms with Gasteiger partial charge in [-0.05, 0) is 47.5 Å². The monoisotopic (exact) mass is 368 g/mol. The first-order chi connectivity index (χ1) is 12.7. The number of fused-ring (bicyclic) bond motifs is 1. The maximum Gasteiger partial charge on any atom is 0.169 e. The van der Waals surface area contributed by atoms with E-state index in [1.54, 1.807) is 14.2 Å². The largest absolute Gasteiger partial charge is 0.493 e. The van der Waals surface area contributed by atoms with Crippen molar-refractivity contribution in [3.05, 3.63) is 71.8 Å². The van der Waals surface area contributed by atoms with Crippen molar-refractivity contribution in [2.45, 2.75) is 12.5 Å². The van der Waals surface area contributed by atoms with E-state index in [0.29, 0.717) is 6.54 Å². The normalized spacial score (nSPS) is 15.8. The van der Waals surface area contributed by atoms with Gasteiger partial charge in [-0.15, -0.1) is 6.58 Å². The molecule has 2 aromatic carbocycles. The molecule has 3 rings (SSSR count). The van der Waals surface area contributed by atoms with Crippen molar-refractivity contribution < 1.29 is 9.47 Å². The Morgan fingerprint density at radius 2 is 1.92 bits per heavy atom. The van der Waals surface area contributed by atoms with E-state index in [-0.39, 0.29) is 6.04 Å².